The molecule has 1 rings (SSSR count). The van der Waals surface area contributed by atoms with Gasteiger partial charge in [-0.05, 0) is 45.1 Å². The number of hydrogen-bond acceptors (Lipinski definition) is 4. The average Bonchev–Trinajstić information content (AvgIpc) is 2.34. The number of esters is 1. The Balaban J connectivity index is 2.32. The van der Waals surface area contributed by atoms with Gasteiger partial charge in [0.2, 0.25) is 0 Å². The van der Waals surface area contributed by atoms with E-state index < -0.39 is 0 Å². The van der Waals surface area contributed by atoms with Gasteiger partial charge < -0.3 is 14.8 Å². The molecule has 0 amide bonds. The van der Waals surface area contributed by atoms with E-state index in [0.29, 0.717) is 25.2 Å². The second-order valence-electron chi connectivity index (χ2n) is 5.32. The third-order valence-corrected chi connectivity index (χ3v) is 3.97. The molecule has 1 fully saturated rings. The number of rotatable bonds is 6. The Morgan fingerprint density at radius 3 is 2.61 bits per heavy atom. The van der Waals surface area contributed by atoms with E-state index in [0.717, 1.165) is 18.8 Å². The summed E-state index contributed by atoms with van der Waals surface area (Å²) in [5.74, 6) is 1.27. The van der Waals surface area contributed by atoms with Crippen molar-refractivity contribution in [1.82, 2.24) is 5.32 Å². The van der Waals surface area contributed by atoms with E-state index in [1.807, 2.05) is 6.92 Å². The highest BCUT2D eigenvalue weighted by molar-refractivity contribution is 5.75. The van der Waals surface area contributed by atoms with E-state index in [2.05, 4.69) is 19.2 Å². The van der Waals surface area contributed by atoms with Crippen LogP contribution >= 0.6 is 0 Å². The van der Waals surface area contributed by atoms with Crippen molar-refractivity contribution in [2.24, 2.45) is 11.8 Å². The molecule has 0 radical (unpaired) electrons. The second kappa shape index (κ2) is 7.74. The minimum atomic E-state index is -0.348. The monoisotopic (exact) mass is 257 g/mol. The highest BCUT2D eigenvalue weighted by Crippen LogP contribution is 2.30. The van der Waals surface area contributed by atoms with Crippen molar-refractivity contribution in [3.05, 3.63) is 0 Å². The zero-order chi connectivity index (χ0) is 13.5. The fraction of sp³-hybridized carbons (Fsp3) is 0.929. The predicted molar refractivity (Wildman–Crippen MR) is 71.4 cm³/mol. The van der Waals surface area contributed by atoms with Crippen LogP contribution in [-0.4, -0.2) is 38.4 Å². The lowest BCUT2D eigenvalue weighted by molar-refractivity contribution is -0.148. The Labute approximate surface area is 110 Å². The molecule has 0 aromatic heterocycles. The number of carbonyl (C=O) groups is 1. The maximum absolute atomic E-state index is 11.6. The summed E-state index contributed by atoms with van der Waals surface area (Å²) in [6, 6.07) is -0.348. The van der Waals surface area contributed by atoms with Gasteiger partial charge in [-0.1, -0.05) is 13.8 Å². The molecule has 0 heterocycles. The normalized spacial score (nSPS) is 29.9. The first kappa shape index (κ1) is 15.4. The fourth-order valence-corrected chi connectivity index (χ4v) is 2.39. The number of carbonyl (C=O) groups excluding carboxylic acids is 1. The van der Waals surface area contributed by atoms with Gasteiger partial charge in [-0.2, -0.15) is 0 Å². The van der Waals surface area contributed by atoms with Gasteiger partial charge in [-0.15, -0.1) is 0 Å². The minimum absolute atomic E-state index is 0.225. The van der Waals surface area contributed by atoms with E-state index in [9.17, 15) is 4.79 Å². The number of likely N-dealkylation sites (N-methyl/N-ethyl adjacent to an activating group) is 1. The Hall–Kier alpha value is -0.610. The van der Waals surface area contributed by atoms with Crippen molar-refractivity contribution < 1.29 is 14.3 Å². The zero-order valence-corrected chi connectivity index (χ0v) is 12.1. The maximum atomic E-state index is 11.6. The topological polar surface area (TPSA) is 47.6 Å². The molecule has 0 spiro atoms. The van der Waals surface area contributed by atoms with Crippen molar-refractivity contribution in [3.8, 4) is 0 Å². The quantitative estimate of drug-likeness (QED) is 0.739. The Bertz CT molecular complexity index is 257. The van der Waals surface area contributed by atoms with Gasteiger partial charge >= 0.3 is 5.97 Å². The molecular weight excluding hydrogens is 230 g/mol. The first-order chi connectivity index (χ1) is 8.58. The molecule has 1 aliphatic carbocycles. The van der Waals surface area contributed by atoms with Crippen molar-refractivity contribution >= 4 is 5.97 Å². The highest BCUT2D eigenvalue weighted by atomic mass is 16.5. The summed E-state index contributed by atoms with van der Waals surface area (Å²) in [5, 5.41) is 2.95. The van der Waals surface area contributed by atoms with Crippen LogP contribution in [0.1, 0.15) is 40.0 Å². The number of hydrogen-bond donors (Lipinski definition) is 1. The van der Waals surface area contributed by atoms with Crippen LogP contribution in [-0.2, 0) is 14.3 Å². The van der Waals surface area contributed by atoms with Crippen LogP contribution in [0.2, 0.25) is 0 Å². The molecule has 106 valence electrons. The summed E-state index contributed by atoms with van der Waals surface area (Å²) in [6.45, 7) is 7.21. The Morgan fingerprint density at radius 1 is 1.33 bits per heavy atom. The van der Waals surface area contributed by atoms with Crippen LogP contribution in [0.4, 0.5) is 0 Å². The average molecular weight is 257 g/mol. The van der Waals surface area contributed by atoms with Crippen LogP contribution in [0.25, 0.3) is 0 Å². The smallest absolute Gasteiger partial charge is 0.325 e. The summed E-state index contributed by atoms with van der Waals surface area (Å²) in [5.41, 5.74) is 0. The standard InChI is InChI=1S/C14H27NO3/c1-5-17-14(16)13(15-4)9-18-12-7-6-10(2)11(3)8-12/h10-13,15H,5-9H2,1-4H3. The van der Waals surface area contributed by atoms with E-state index in [4.69, 9.17) is 9.47 Å². The molecule has 1 saturated carbocycles. The molecule has 0 aliphatic heterocycles. The second-order valence-corrected chi connectivity index (χ2v) is 5.32. The molecular formula is C14H27NO3. The largest absolute Gasteiger partial charge is 0.465 e. The third kappa shape index (κ3) is 4.58. The lowest BCUT2D eigenvalue weighted by atomic mass is 9.80. The van der Waals surface area contributed by atoms with Crippen molar-refractivity contribution in [1.29, 1.82) is 0 Å². The SMILES string of the molecule is CCOC(=O)C(COC1CCC(C)C(C)C1)NC. The van der Waals surface area contributed by atoms with Gasteiger partial charge in [0.1, 0.15) is 6.04 Å². The van der Waals surface area contributed by atoms with Crippen LogP contribution in [0, 0.1) is 11.8 Å². The Morgan fingerprint density at radius 2 is 2.06 bits per heavy atom. The molecule has 0 aromatic carbocycles. The lowest BCUT2D eigenvalue weighted by Crippen LogP contribution is -2.41. The fourth-order valence-electron chi connectivity index (χ4n) is 2.39. The lowest BCUT2D eigenvalue weighted by Gasteiger charge is -2.32. The maximum Gasteiger partial charge on any atom is 0.325 e. The number of ether oxygens (including phenoxy) is 2. The minimum Gasteiger partial charge on any atom is -0.465 e. The third-order valence-electron chi connectivity index (χ3n) is 3.97. The van der Waals surface area contributed by atoms with E-state index in [-0.39, 0.29) is 12.0 Å². The van der Waals surface area contributed by atoms with Crippen LogP contribution in [0.3, 0.4) is 0 Å². The first-order valence-electron chi connectivity index (χ1n) is 7.04. The van der Waals surface area contributed by atoms with Crippen molar-refractivity contribution in [3.63, 3.8) is 0 Å². The molecule has 0 bridgehead atoms. The summed E-state index contributed by atoms with van der Waals surface area (Å²) in [6.07, 6.45) is 3.71. The van der Waals surface area contributed by atoms with Gasteiger partial charge in [0.15, 0.2) is 0 Å². The van der Waals surface area contributed by atoms with Crippen LogP contribution < -0.4 is 5.32 Å². The van der Waals surface area contributed by atoms with Crippen molar-refractivity contribution in [2.75, 3.05) is 20.3 Å². The van der Waals surface area contributed by atoms with Gasteiger partial charge in [0.05, 0.1) is 19.3 Å². The molecule has 1 aliphatic rings. The number of nitrogens with one attached hydrogen (secondary N) is 1. The molecule has 0 saturated heterocycles. The molecule has 4 heteroatoms. The molecule has 4 atom stereocenters. The van der Waals surface area contributed by atoms with Gasteiger partial charge in [-0.3, -0.25) is 4.79 Å². The predicted octanol–water partition coefficient (Wildman–Crippen LogP) is 1.98. The van der Waals surface area contributed by atoms with Gasteiger partial charge in [0, 0.05) is 0 Å². The van der Waals surface area contributed by atoms with Crippen LogP contribution in [0.15, 0.2) is 0 Å². The Kier molecular flexibility index (Phi) is 6.65. The summed E-state index contributed by atoms with van der Waals surface area (Å²) >= 11 is 0. The molecule has 18 heavy (non-hydrogen) atoms. The van der Waals surface area contributed by atoms with E-state index >= 15 is 0 Å². The molecule has 4 unspecified atom stereocenters. The first-order valence-corrected chi connectivity index (χ1v) is 7.04. The van der Waals surface area contributed by atoms with E-state index in [1.165, 1.54) is 6.42 Å². The summed E-state index contributed by atoms with van der Waals surface area (Å²) in [4.78, 5) is 11.6. The van der Waals surface area contributed by atoms with Gasteiger partial charge in [-0.25, -0.2) is 0 Å². The van der Waals surface area contributed by atoms with Crippen molar-refractivity contribution in [2.45, 2.75) is 52.2 Å². The summed E-state index contributed by atoms with van der Waals surface area (Å²) in [7, 11) is 1.76. The summed E-state index contributed by atoms with van der Waals surface area (Å²) < 4.78 is 10.9. The molecule has 1 N–H and O–H groups in total. The molecule has 4 nitrogen and oxygen atoms in total. The van der Waals surface area contributed by atoms with Crippen LogP contribution in [0.5, 0.6) is 0 Å². The zero-order valence-electron chi connectivity index (χ0n) is 12.1. The molecule has 0 aromatic rings. The van der Waals surface area contributed by atoms with Gasteiger partial charge in [0.25, 0.3) is 0 Å². The van der Waals surface area contributed by atoms with E-state index in [1.54, 1.807) is 7.05 Å². The highest BCUT2D eigenvalue weighted by Gasteiger charge is 2.26.